The summed E-state index contributed by atoms with van der Waals surface area (Å²) in [6.07, 6.45) is 1.00. The Morgan fingerprint density at radius 1 is 1.11 bits per heavy atom. The summed E-state index contributed by atoms with van der Waals surface area (Å²) in [5.41, 5.74) is 5.94. The van der Waals surface area contributed by atoms with Crippen molar-refractivity contribution < 1.29 is 13.3 Å². The highest BCUT2D eigenvalue weighted by Gasteiger charge is 2.57. The zero-order valence-corrected chi connectivity index (χ0v) is 15.2. The third-order valence-electron chi connectivity index (χ3n) is 3.83. The van der Waals surface area contributed by atoms with E-state index < -0.39 is 8.80 Å². The SMILES string of the molecule is CO[Si](OC)(OC)C(C)(C)C(CN)CCN(C)C.Cl. The minimum absolute atomic E-state index is 0. The molecule has 1 atom stereocenters. The minimum atomic E-state index is -2.70. The summed E-state index contributed by atoms with van der Waals surface area (Å²) in [6.45, 7) is 5.85. The van der Waals surface area contributed by atoms with Gasteiger partial charge in [-0.3, -0.25) is 0 Å². The van der Waals surface area contributed by atoms with Crippen molar-refractivity contribution in [3.8, 4) is 0 Å². The molecule has 0 fully saturated rings. The first-order chi connectivity index (χ1) is 8.31. The lowest BCUT2D eigenvalue weighted by Gasteiger charge is -2.43. The van der Waals surface area contributed by atoms with Crippen LogP contribution < -0.4 is 5.73 Å². The van der Waals surface area contributed by atoms with E-state index in [1.807, 2.05) is 0 Å². The van der Waals surface area contributed by atoms with Crippen LogP contribution in [0.3, 0.4) is 0 Å². The molecule has 0 aliphatic heterocycles. The van der Waals surface area contributed by atoms with Crippen molar-refractivity contribution in [1.82, 2.24) is 4.90 Å². The molecule has 0 saturated heterocycles. The topological polar surface area (TPSA) is 57.0 Å². The lowest BCUT2D eigenvalue weighted by atomic mass is 9.91. The Balaban J connectivity index is 0. The summed E-state index contributed by atoms with van der Waals surface area (Å²) in [7, 11) is 6.39. The molecule has 0 spiro atoms. The molecule has 0 aromatic carbocycles. The molecule has 7 heteroatoms. The van der Waals surface area contributed by atoms with Gasteiger partial charge in [-0.1, -0.05) is 13.8 Å². The molecule has 0 aliphatic carbocycles. The fourth-order valence-corrected chi connectivity index (χ4v) is 5.32. The zero-order chi connectivity index (χ0) is 14.4. The molecule has 0 heterocycles. The van der Waals surface area contributed by atoms with E-state index in [0.717, 1.165) is 13.0 Å². The Morgan fingerprint density at radius 2 is 1.53 bits per heavy atom. The standard InChI is InChI=1S/C12H30N2O3Si.ClH/c1-12(2,18(15-5,16-6)17-7)11(10-13)8-9-14(3)4;/h11H,8-10,13H2,1-7H3;1H. The summed E-state index contributed by atoms with van der Waals surface area (Å²) in [6, 6.07) is 0. The van der Waals surface area contributed by atoms with Gasteiger partial charge in [-0.05, 0) is 39.5 Å². The van der Waals surface area contributed by atoms with Crippen LogP contribution in [0.1, 0.15) is 20.3 Å². The Morgan fingerprint density at radius 3 is 1.79 bits per heavy atom. The maximum atomic E-state index is 5.94. The quantitative estimate of drug-likeness (QED) is 0.655. The smallest absolute Gasteiger partial charge is 0.377 e. The van der Waals surface area contributed by atoms with Gasteiger partial charge in [0, 0.05) is 26.4 Å². The maximum absolute atomic E-state index is 5.94. The van der Waals surface area contributed by atoms with Crippen molar-refractivity contribution in [3.63, 3.8) is 0 Å². The largest absolute Gasteiger partial charge is 0.506 e. The van der Waals surface area contributed by atoms with Crippen molar-refractivity contribution in [2.24, 2.45) is 11.7 Å². The van der Waals surface area contributed by atoms with Gasteiger partial charge in [-0.2, -0.15) is 0 Å². The molecule has 1 unspecified atom stereocenters. The van der Waals surface area contributed by atoms with Crippen LogP contribution >= 0.6 is 12.4 Å². The summed E-state index contributed by atoms with van der Waals surface area (Å²) < 4.78 is 16.8. The molecule has 0 aromatic heterocycles. The van der Waals surface area contributed by atoms with E-state index in [4.69, 9.17) is 19.0 Å². The van der Waals surface area contributed by atoms with Crippen molar-refractivity contribution in [3.05, 3.63) is 0 Å². The van der Waals surface area contributed by atoms with Crippen LogP contribution in [-0.2, 0) is 13.3 Å². The van der Waals surface area contributed by atoms with Gasteiger partial charge >= 0.3 is 8.80 Å². The van der Waals surface area contributed by atoms with Crippen LogP contribution in [0.5, 0.6) is 0 Å². The summed E-state index contributed by atoms with van der Waals surface area (Å²) in [4.78, 5) is 2.16. The number of halogens is 1. The first-order valence-corrected chi connectivity index (χ1v) is 8.04. The van der Waals surface area contributed by atoms with Crippen LogP contribution in [0.2, 0.25) is 5.04 Å². The molecular formula is C12H31ClN2O3Si. The molecule has 0 radical (unpaired) electrons. The fraction of sp³-hybridized carbons (Fsp3) is 1.00. The molecule has 0 aliphatic rings. The molecule has 19 heavy (non-hydrogen) atoms. The van der Waals surface area contributed by atoms with E-state index in [0.29, 0.717) is 12.5 Å². The van der Waals surface area contributed by atoms with E-state index in [2.05, 4.69) is 32.8 Å². The highest BCUT2D eigenvalue weighted by molar-refractivity contribution is 6.64. The maximum Gasteiger partial charge on any atom is 0.506 e. The van der Waals surface area contributed by atoms with Gasteiger partial charge in [0.05, 0.1) is 0 Å². The zero-order valence-electron chi connectivity index (χ0n) is 13.4. The summed E-state index contributed by atoms with van der Waals surface area (Å²) in [5, 5.41) is -0.212. The second-order valence-corrected chi connectivity index (χ2v) is 9.04. The molecule has 5 nitrogen and oxygen atoms in total. The van der Waals surface area contributed by atoms with Crippen LogP contribution in [-0.4, -0.2) is 62.2 Å². The Hall–Kier alpha value is 0.307. The molecule has 0 aromatic rings. The average molecular weight is 315 g/mol. The van der Waals surface area contributed by atoms with Crippen LogP contribution in [0.15, 0.2) is 0 Å². The summed E-state index contributed by atoms with van der Waals surface area (Å²) in [5.74, 6) is 0.298. The second kappa shape index (κ2) is 9.28. The molecule has 2 N–H and O–H groups in total. The number of hydrogen-bond acceptors (Lipinski definition) is 5. The second-order valence-electron chi connectivity index (χ2n) is 5.41. The lowest BCUT2D eigenvalue weighted by Crippen LogP contribution is -2.56. The highest BCUT2D eigenvalue weighted by Crippen LogP contribution is 2.46. The van der Waals surface area contributed by atoms with E-state index in [-0.39, 0.29) is 17.4 Å². The van der Waals surface area contributed by atoms with Gasteiger partial charge in [0.2, 0.25) is 0 Å². The number of nitrogens with two attached hydrogens (primary N) is 1. The molecular weight excluding hydrogens is 284 g/mol. The first kappa shape index (κ1) is 21.6. The fourth-order valence-electron chi connectivity index (χ4n) is 2.48. The van der Waals surface area contributed by atoms with Gasteiger partial charge in [0.25, 0.3) is 0 Å². The van der Waals surface area contributed by atoms with Crippen LogP contribution in [0, 0.1) is 5.92 Å². The highest BCUT2D eigenvalue weighted by atomic mass is 35.5. The number of hydrogen-bond donors (Lipinski definition) is 1. The Bertz CT molecular complexity index is 231. The predicted octanol–water partition coefficient (Wildman–Crippen LogP) is 1.59. The third kappa shape index (κ3) is 4.97. The van der Waals surface area contributed by atoms with Gasteiger partial charge in [0.1, 0.15) is 0 Å². The van der Waals surface area contributed by atoms with E-state index >= 15 is 0 Å². The minimum Gasteiger partial charge on any atom is -0.377 e. The predicted molar refractivity (Wildman–Crippen MR) is 83.8 cm³/mol. The average Bonchev–Trinajstić information content (AvgIpc) is 2.31. The molecule has 118 valence electrons. The van der Waals surface area contributed by atoms with E-state index in [9.17, 15) is 0 Å². The van der Waals surface area contributed by atoms with Crippen LogP contribution in [0.25, 0.3) is 0 Å². The van der Waals surface area contributed by atoms with E-state index in [1.54, 1.807) is 21.3 Å². The van der Waals surface area contributed by atoms with Gasteiger partial charge < -0.3 is 23.9 Å². The summed E-state index contributed by atoms with van der Waals surface area (Å²) >= 11 is 0. The third-order valence-corrected chi connectivity index (χ3v) is 7.42. The van der Waals surface area contributed by atoms with Gasteiger partial charge in [-0.15, -0.1) is 12.4 Å². The van der Waals surface area contributed by atoms with Crippen molar-refractivity contribution in [2.75, 3.05) is 48.5 Å². The van der Waals surface area contributed by atoms with E-state index in [1.165, 1.54) is 0 Å². The number of nitrogens with zero attached hydrogens (tertiary/aromatic N) is 1. The van der Waals surface area contributed by atoms with Gasteiger partial charge in [0.15, 0.2) is 0 Å². The van der Waals surface area contributed by atoms with Crippen molar-refractivity contribution in [1.29, 1.82) is 0 Å². The number of rotatable bonds is 9. The van der Waals surface area contributed by atoms with Crippen molar-refractivity contribution >= 4 is 21.2 Å². The van der Waals surface area contributed by atoms with Crippen molar-refractivity contribution in [2.45, 2.75) is 25.3 Å². The Kier molecular flexibility index (Phi) is 10.6. The molecule has 0 rings (SSSR count). The van der Waals surface area contributed by atoms with Crippen LogP contribution in [0.4, 0.5) is 0 Å². The van der Waals surface area contributed by atoms with Gasteiger partial charge in [-0.25, -0.2) is 0 Å². The Labute approximate surface area is 125 Å². The lowest BCUT2D eigenvalue weighted by molar-refractivity contribution is 0.0782. The molecule has 0 saturated carbocycles. The monoisotopic (exact) mass is 314 g/mol. The molecule has 0 bridgehead atoms. The molecule has 0 amide bonds. The normalized spacial score (nSPS) is 14.4. The first-order valence-electron chi connectivity index (χ1n) is 6.31.